The Morgan fingerprint density at radius 3 is 2.27 bits per heavy atom. The molecule has 0 atom stereocenters. The van der Waals surface area contributed by atoms with E-state index in [1.807, 2.05) is 0 Å². The number of urea groups is 1. The first kappa shape index (κ1) is 25.4. The average Bonchev–Trinajstić information content (AvgIpc) is 3.25. The lowest BCUT2D eigenvalue weighted by atomic mass is 9.69. The van der Waals surface area contributed by atoms with E-state index in [4.69, 9.17) is 4.74 Å². The number of hydrogen-bond acceptors (Lipinski definition) is 8. The number of piperazine rings is 1. The van der Waals surface area contributed by atoms with Crippen LogP contribution in [-0.2, 0) is 15.1 Å². The van der Waals surface area contributed by atoms with Crippen molar-refractivity contribution in [2.45, 2.75) is 36.8 Å². The Kier molecular flexibility index (Phi) is 7.04. The van der Waals surface area contributed by atoms with E-state index in [2.05, 4.69) is 74.4 Å². The minimum absolute atomic E-state index is 0.0176. The van der Waals surface area contributed by atoms with E-state index in [1.165, 1.54) is 12.7 Å². The van der Waals surface area contributed by atoms with Crippen molar-refractivity contribution in [1.29, 1.82) is 0 Å². The van der Waals surface area contributed by atoms with E-state index in [1.54, 1.807) is 17.3 Å². The number of anilines is 2. The summed E-state index contributed by atoms with van der Waals surface area (Å²) in [5.74, 6) is 0.424. The summed E-state index contributed by atoms with van der Waals surface area (Å²) < 4.78 is 4.76. The number of esters is 1. The molecule has 3 aliphatic rings. The van der Waals surface area contributed by atoms with Crippen LogP contribution in [0.25, 0.3) is 0 Å². The number of hydrogen-bond donors (Lipinski definition) is 1. The van der Waals surface area contributed by atoms with E-state index < -0.39 is 0 Å². The fourth-order valence-electron chi connectivity index (χ4n) is 6.05. The summed E-state index contributed by atoms with van der Waals surface area (Å²) in [5, 5.41) is 3.31. The number of nitrogens with one attached hydrogen (secondary N) is 1. The Balaban J connectivity index is 1.21. The Morgan fingerprint density at radius 2 is 1.68 bits per heavy atom. The van der Waals surface area contributed by atoms with E-state index >= 15 is 0 Å². The highest BCUT2D eigenvalue weighted by molar-refractivity contribution is 5.95. The van der Waals surface area contributed by atoms with Gasteiger partial charge in [0.05, 0.1) is 43.8 Å². The molecule has 10 nitrogen and oxygen atoms in total. The van der Waals surface area contributed by atoms with Crippen LogP contribution >= 0.6 is 0 Å². The second-order valence-corrected chi connectivity index (χ2v) is 10.7. The number of rotatable bonds is 6. The number of carbonyl (C=O) groups is 2. The van der Waals surface area contributed by atoms with Crippen molar-refractivity contribution in [3.63, 3.8) is 0 Å². The molecule has 198 valence electrons. The van der Waals surface area contributed by atoms with Gasteiger partial charge in [0.1, 0.15) is 0 Å². The number of ether oxygens (including phenoxy) is 1. The van der Waals surface area contributed by atoms with Crippen LogP contribution < -0.4 is 15.1 Å². The molecule has 1 aromatic carbocycles. The van der Waals surface area contributed by atoms with Crippen LogP contribution in [0, 0.1) is 0 Å². The van der Waals surface area contributed by atoms with Crippen LogP contribution in [-0.4, -0.2) is 97.8 Å². The Bertz CT molecular complexity index is 1090. The summed E-state index contributed by atoms with van der Waals surface area (Å²) in [4.78, 5) is 42.0. The van der Waals surface area contributed by atoms with Crippen molar-refractivity contribution in [3.05, 3.63) is 48.3 Å². The number of methoxy groups -OCH3 is 1. The SMILES string of the molecule is COC(=O)CN1CCN(c2ncc(N3C[C@]4(CC[C@](c5ccccc5)(N(C)C)CC4)NC3=O)cn2)CC1. The lowest BCUT2D eigenvalue weighted by Crippen LogP contribution is -2.54. The first-order valence-corrected chi connectivity index (χ1v) is 13.0. The molecule has 1 spiro atoms. The summed E-state index contributed by atoms with van der Waals surface area (Å²) in [6.45, 7) is 3.89. The zero-order valence-electron chi connectivity index (χ0n) is 22.0. The standard InChI is InChI=1S/C27H37N7O3/c1-31(2)27(21-7-5-4-6-8-21)11-9-26(10-12-27)20-34(25(36)30-26)22-17-28-24(29-18-22)33-15-13-32(14-16-33)19-23(35)37-3/h4-8,17-18H,9-16,19-20H2,1-3H3,(H,30,36)/t26-,27+. The highest BCUT2D eigenvalue weighted by Crippen LogP contribution is 2.46. The minimum Gasteiger partial charge on any atom is -0.468 e. The van der Waals surface area contributed by atoms with Gasteiger partial charge in [-0.1, -0.05) is 30.3 Å². The Labute approximate surface area is 218 Å². The molecule has 37 heavy (non-hydrogen) atoms. The molecule has 2 saturated heterocycles. The van der Waals surface area contributed by atoms with Crippen LogP contribution in [0.15, 0.2) is 42.7 Å². The summed E-state index contributed by atoms with van der Waals surface area (Å²) in [6.07, 6.45) is 7.29. The third kappa shape index (κ3) is 5.00. The van der Waals surface area contributed by atoms with Gasteiger partial charge < -0.3 is 15.0 Å². The van der Waals surface area contributed by atoms with Gasteiger partial charge in [0.15, 0.2) is 0 Å². The molecule has 3 fully saturated rings. The molecular weight excluding hydrogens is 470 g/mol. The second-order valence-electron chi connectivity index (χ2n) is 10.7. The summed E-state index contributed by atoms with van der Waals surface area (Å²) >= 11 is 0. The largest absolute Gasteiger partial charge is 0.468 e. The monoisotopic (exact) mass is 507 g/mol. The molecule has 2 aromatic rings. The van der Waals surface area contributed by atoms with Crippen molar-refractivity contribution in [1.82, 2.24) is 25.1 Å². The van der Waals surface area contributed by atoms with E-state index in [-0.39, 0.29) is 23.1 Å². The molecule has 2 aliphatic heterocycles. The summed E-state index contributed by atoms with van der Waals surface area (Å²) in [5.41, 5.74) is 1.80. The van der Waals surface area contributed by atoms with Gasteiger partial charge in [-0.2, -0.15) is 0 Å². The molecule has 3 heterocycles. The molecular formula is C27H37N7O3. The first-order chi connectivity index (χ1) is 17.8. The van der Waals surface area contributed by atoms with Crippen LogP contribution in [0.1, 0.15) is 31.2 Å². The molecule has 5 rings (SSSR count). The molecule has 1 aromatic heterocycles. The molecule has 0 radical (unpaired) electrons. The van der Waals surface area contributed by atoms with Crippen LogP contribution in [0.2, 0.25) is 0 Å². The zero-order chi connectivity index (χ0) is 26.0. The third-order valence-electron chi connectivity index (χ3n) is 8.45. The molecule has 1 saturated carbocycles. The first-order valence-electron chi connectivity index (χ1n) is 13.0. The average molecular weight is 508 g/mol. The number of carbonyl (C=O) groups excluding carboxylic acids is 2. The van der Waals surface area contributed by atoms with Gasteiger partial charge in [0.2, 0.25) is 5.95 Å². The van der Waals surface area contributed by atoms with Crippen molar-refractivity contribution in [2.24, 2.45) is 0 Å². The van der Waals surface area contributed by atoms with Crippen LogP contribution in [0.4, 0.5) is 16.4 Å². The molecule has 2 amide bonds. The maximum Gasteiger partial charge on any atom is 0.322 e. The van der Waals surface area contributed by atoms with Gasteiger partial charge in [0, 0.05) is 31.7 Å². The molecule has 1 N–H and O–H groups in total. The van der Waals surface area contributed by atoms with Crippen molar-refractivity contribution >= 4 is 23.6 Å². The molecule has 0 unspecified atom stereocenters. The van der Waals surface area contributed by atoms with Gasteiger partial charge in [-0.3, -0.25) is 19.5 Å². The third-order valence-corrected chi connectivity index (χ3v) is 8.45. The van der Waals surface area contributed by atoms with Gasteiger partial charge in [-0.05, 0) is 45.3 Å². The second kappa shape index (κ2) is 10.3. The predicted octanol–water partition coefficient (Wildman–Crippen LogP) is 2.07. The molecule has 0 bridgehead atoms. The topological polar surface area (TPSA) is 94.1 Å². The summed E-state index contributed by atoms with van der Waals surface area (Å²) in [7, 11) is 5.72. The van der Waals surface area contributed by atoms with E-state index in [9.17, 15) is 9.59 Å². The van der Waals surface area contributed by atoms with Gasteiger partial charge in [0.25, 0.3) is 0 Å². The highest BCUT2D eigenvalue weighted by Gasteiger charge is 2.50. The van der Waals surface area contributed by atoms with E-state index in [0.717, 1.165) is 57.5 Å². The fraction of sp³-hybridized carbons (Fsp3) is 0.556. The number of nitrogens with zero attached hydrogens (tertiary/aromatic N) is 6. The maximum atomic E-state index is 13.0. The predicted molar refractivity (Wildman–Crippen MR) is 142 cm³/mol. The normalized spacial score (nSPS) is 26.5. The van der Waals surface area contributed by atoms with Gasteiger partial charge >= 0.3 is 12.0 Å². The smallest absolute Gasteiger partial charge is 0.322 e. The van der Waals surface area contributed by atoms with Crippen molar-refractivity contribution in [2.75, 3.05) is 70.3 Å². The zero-order valence-corrected chi connectivity index (χ0v) is 22.0. The quantitative estimate of drug-likeness (QED) is 0.594. The maximum absolute atomic E-state index is 13.0. The van der Waals surface area contributed by atoms with Crippen molar-refractivity contribution in [3.8, 4) is 0 Å². The van der Waals surface area contributed by atoms with Crippen LogP contribution in [0.3, 0.4) is 0 Å². The van der Waals surface area contributed by atoms with Gasteiger partial charge in [-0.15, -0.1) is 0 Å². The Hall–Kier alpha value is -3.24. The molecule has 10 heteroatoms. The Morgan fingerprint density at radius 1 is 1.03 bits per heavy atom. The molecule has 1 aliphatic carbocycles. The minimum atomic E-state index is -0.236. The van der Waals surface area contributed by atoms with E-state index in [0.29, 0.717) is 19.0 Å². The van der Waals surface area contributed by atoms with Crippen LogP contribution in [0.5, 0.6) is 0 Å². The highest BCUT2D eigenvalue weighted by atomic mass is 16.5. The lowest BCUT2D eigenvalue weighted by Gasteiger charge is -2.48. The van der Waals surface area contributed by atoms with Crippen molar-refractivity contribution < 1.29 is 14.3 Å². The summed E-state index contributed by atoms with van der Waals surface area (Å²) in [6, 6.07) is 10.6. The fourth-order valence-corrected chi connectivity index (χ4v) is 6.05. The van der Waals surface area contributed by atoms with Gasteiger partial charge in [-0.25, -0.2) is 14.8 Å². The number of amides is 2. The number of benzene rings is 1. The number of aromatic nitrogens is 2. The lowest BCUT2D eigenvalue weighted by molar-refractivity contribution is -0.142.